The molecule has 2 aromatic rings. The fourth-order valence-electron chi connectivity index (χ4n) is 4.68. The molecule has 0 aromatic heterocycles. The number of hydrogen-bond donors (Lipinski definition) is 1. The van der Waals surface area contributed by atoms with Gasteiger partial charge in [-0.15, -0.1) is 4.40 Å². The summed E-state index contributed by atoms with van der Waals surface area (Å²) in [5.74, 6) is -0.203. The molecule has 0 bridgehead atoms. The van der Waals surface area contributed by atoms with Gasteiger partial charge in [-0.25, -0.2) is 0 Å². The number of likely N-dealkylation sites (N-methyl/N-ethyl adjacent to an activating group) is 1. The molecule has 4 rings (SSSR count). The first-order valence-corrected chi connectivity index (χ1v) is 12.4. The van der Waals surface area contributed by atoms with Crippen molar-refractivity contribution in [2.45, 2.75) is 44.6 Å². The van der Waals surface area contributed by atoms with Crippen LogP contribution in [0.1, 0.15) is 35.1 Å². The van der Waals surface area contributed by atoms with E-state index in [-0.39, 0.29) is 23.3 Å². The Morgan fingerprint density at radius 1 is 1.15 bits per heavy atom. The standard InChI is InChI=1S/C24H28N4O4S/c1-15-12-16(2)22(17(3)13-15)25-21(29)14-27(4)24(30)19-9-7-11-28(19)23-18-8-5-6-10-20(18)33(31,32)26-23/h5-6,8,10,12-13,19H,7,9,11,14H2,1-4H3,(H,25,29)/t19-/m0/s1. The molecule has 174 valence electrons. The van der Waals surface area contributed by atoms with Crippen LogP contribution in [0.4, 0.5) is 5.69 Å². The van der Waals surface area contributed by atoms with Crippen molar-refractivity contribution in [2.24, 2.45) is 4.40 Å². The zero-order valence-corrected chi connectivity index (χ0v) is 20.1. The Labute approximate surface area is 194 Å². The highest BCUT2D eigenvalue weighted by Crippen LogP contribution is 2.31. The number of sulfonamides is 1. The summed E-state index contributed by atoms with van der Waals surface area (Å²) in [7, 11) is -2.18. The lowest BCUT2D eigenvalue weighted by Crippen LogP contribution is -2.48. The summed E-state index contributed by atoms with van der Waals surface area (Å²) in [5, 5.41) is 2.92. The van der Waals surface area contributed by atoms with Crippen LogP contribution < -0.4 is 5.32 Å². The highest BCUT2D eigenvalue weighted by molar-refractivity contribution is 7.90. The zero-order chi connectivity index (χ0) is 23.9. The van der Waals surface area contributed by atoms with Crippen molar-refractivity contribution in [3.63, 3.8) is 0 Å². The van der Waals surface area contributed by atoms with E-state index in [0.717, 1.165) is 28.8 Å². The molecule has 0 aliphatic carbocycles. The molecule has 1 atom stereocenters. The lowest BCUT2D eigenvalue weighted by molar-refractivity contribution is -0.136. The number of nitrogens with one attached hydrogen (secondary N) is 1. The Hall–Kier alpha value is -3.20. The maximum absolute atomic E-state index is 13.3. The first-order valence-electron chi connectivity index (χ1n) is 10.9. The van der Waals surface area contributed by atoms with E-state index in [1.165, 1.54) is 11.0 Å². The molecule has 1 saturated heterocycles. The Bertz CT molecular complexity index is 1250. The lowest BCUT2D eigenvalue weighted by Gasteiger charge is -2.29. The molecule has 0 radical (unpaired) electrons. The summed E-state index contributed by atoms with van der Waals surface area (Å²) in [5.41, 5.74) is 4.33. The SMILES string of the molecule is Cc1cc(C)c(NC(=O)CN(C)C(=O)[C@@H]2CCCN2C2=NS(=O)(=O)c3ccccc32)c(C)c1. The third kappa shape index (κ3) is 4.37. The number of carbonyl (C=O) groups is 2. The lowest BCUT2D eigenvalue weighted by atomic mass is 10.1. The second-order valence-corrected chi connectivity index (χ2v) is 10.3. The zero-order valence-electron chi connectivity index (χ0n) is 19.3. The number of amidine groups is 1. The normalized spacial score (nSPS) is 18.6. The van der Waals surface area contributed by atoms with Gasteiger partial charge in [0, 0.05) is 24.8 Å². The predicted octanol–water partition coefficient (Wildman–Crippen LogP) is 2.62. The molecule has 9 heteroatoms. The van der Waals surface area contributed by atoms with Crippen LogP contribution in [0.25, 0.3) is 0 Å². The van der Waals surface area contributed by atoms with E-state index in [1.54, 1.807) is 30.1 Å². The molecule has 0 spiro atoms. The molecule has 2 aliphatic heterocycles. The van der Waals surface area contributed by atoms with Crippen molar-refractivity contribution in [2.75, 3.05) is 25.5 Å². The smallest absolute Gasteiger partial charge is 0.285 e. The average molecular weight is 469 g/mol. The highest BCUT2D eigenvalue weighted by Gasteiger charge is 2.40. The number of nitrogens with zero attached hydrogens (tertiary/aromatic N) is 3. The van der Waals surface area contributed by atoms with Crippen molar-refractivity contribution >= 4 is 33.4 Å². The van der Waals surface area contributed by atoms with Gasteiger partial charge in [-0.05, 0) is 56.9 Å². The van der Waals surface area contributed by atoms with Crippen molar-refractivity contribution in [1.29, 1.82) is 0 Å². The van der Waals surface area contributed by atoms with E-state index >= 15 is 0 Å². The number of hydrogen-bond acceptors (Lipinski definition) is 5. The van der Waals surface area contributed by atoms with E-state index in [0.29, 0.717) is 24.4 Å². The van der Waals surface area contributed by atoms with Crippen molar-refractivity contribution in [1.82, 2.24) is 9.80 Å². The van der Waals surface area contributed by atoms with Crippen molar-refractivity contribution in [3.8, 4) is 0 Å². The molecule has 0 unspecified atom stereocenters. The van der Waals surface area contributed by atoms with Gasteiger partial charge in [-0.3, -0.25) is 9.59 Å². The number of rotatable bonds is 4. The molecule has 1 N–H and O–H groups in total. The number of carbonyl (C=O) groups excluding carboxylic acids is 2. The molecular weight excluding hydrogens is 440 g/mol. The Morgan fingerprint density at radius 2 is 1.82 bits per heavy atom. The van der Waals surface area contributed by atoms with E-state index in [1.807, 2.05) is 32.9 Å². The van der Waals surface area contributed by atoms with Gasteiger partial charge in [0.25, 0.3) is 10.0 Å². The van der Waals surface area contributed by atoms with Gasteiger partial charge in [-0.1, -0.05) is 29.8 Å². The summed E-state index contributed by atoms with van der Waals surface area (Å²) in [6.07, 6.45) is 1.31. The minimum atomic E-state index is -3.77. The quantitative estimate of drug-likeness (QED) is 0.744. The highest BCUT2D eigenvalue weighted by atomic mass is 32.2. The number of amides is 2. The van der Waals surface area contributed by atoms with Crippen molar-refractivity contribution in [3.05, 3.63) is 58.7 Å². The van der Waals surface area contributed by atoms with Crippen LogP contribution in [0.5, 0.6) is 0 Å². The van der Waals surface area contributed by atoms with Crippen LogP contribution >= 0.6 is 0 Å². The van der Waals surface area contributed by atoms with Crippen molar-refractivity contribution < 1.29 is 18.0 Å². The molecule has 2 heterocycles. The summed E-state index contributed by atoms with van der Waals surface area (Å²) in [6.45, 7) is 6.31. The minimum Gasteiger partial charge on any atom is -0.343 e. The third-order valence-corrected chi connectivity index (χ3v) is 7.45. The van der Waals surface area contributed by atoms with Crippen LogP contribution in [-0.2, 0) is 19.6 Å². The van der Waals surface area contributed by atoms with Gasteiger partial charge < -0.3 is 15.1 Å². The van der Waals surface area contributed by atoms with Crippen LogP contribution in [0, 0.1) is 20.8 Å². The second kappa shape index (κ2) is 8.62. The largest absolute Gasteiger partial charge is 0.343 e. The minimum absolute atomic E-state index is 0.0999. The average Bonchev–Trinajstić information content (AvgIpc) is 3.33. The Balaban J connectivity index is 1.48. The van der Waals surface area contributed by atoms with E-state index in [4.69, 9.17) is 0 Å². The summed E-state index contributed by atoms with van der Waals surface area (Å²) in [4.78, 5) is 29.3. The Kier molecular flexibility index (Phi) is 6.00. The molecule has 1 fully saturated rings. The summed E-state index contributed by atoms with van der Waals surface area (Å²) < 4.78 is 28.9. The van der Waals surface area contributed by atoms with Crippen LogP contribution in [-0.4, -0.2) is 62.0 Å². The molecule has 2 amide bonds. The van der Waals surface area contributed by atoms with Crippen LogP contribution in [0.15, 0.2) is 45.7 Å². The first kappa shape index (κ1) is 23.0. The fraction of sp³-hybridized carbons (Fsp3) is 0.375. The van der Waals surface area contributed by atoms with Gasteiger partial charge in [-0.2, -0.15) is 8.42 Å². The maximum Gasteiger partial charge on any atom is 0.285 e. The molecule has 33 heavy (non-hydrogen) atoms. The van der Waals surface area contributed by atoms with Gasteiger partial charge in [0.05, 0.1) is 6.54 Å². The Morgan fingerprint density at radius 3 is 2.52 bits per heavy atom. The summed E-state index contributed by atoms with van der Waals surface area (Å²) >= 11 is 0. The number of aryl methyl sites for hydroxylation is 3. The van der Waals surface area contributed by atoms with Crippen LogP contribution in [0.3, 0.4) is 0 Å². The van der Waals surface area contributed by atoms with Gasteiger partial charge in [0.15, 0.2) is 5.84 Å². The third-order valence-electron chi connectivity index (χ3n) is 6.12. The molecule has 2 aromatic carbocycles. The van der Waals surface area contributed by atoms with E-state index in [9.17, 15) is 18.0 Å². The van der Waals surface area contributed by atoms with Crippen LogP contribution in [0.2, 0.25) is 0 Å². The topological polar surface area (TPSA) is 99.2 Å². The van der Waals surface area contributed by atoms with Gasteiger partial charge in [0.1, 0.15) is 10.9 Å². The van der Waals surface area contributed by atoms with Gasteiger partial charge >= 0.3 is 0 Å². The number of fused-ring (bicyclic) bond motifs is 1. The molecule has 8 nitrogen and oxygen atoms in total. The monoisotopic (exact) mass is 468 g/mol. The molecule has 2 aliphatic rings. The number of anilines is 1. The maximum atomic E-state index is 13.3. The predicted molar refractivity (Wildman–Crippen MR) is 127 cm³/mol. The van der Waals surface area contributed by atoms with Gasteiger partial charge in [0.2, 0.25) is 11.8 Å². The second-order valence-electron chi connectivity index (χ2n) is 8.75. The van der Waals surface area contributed by atoms with E-state index in [2.05, 4.69) is 9.71 Å². The number of likely N-dealkylation sites (tertiary alicyclic amines) is 1. The van der Waals surface area contributed by atoms with E-state index < -0.39 is 16.1 Å². The molecule has 0 saturated carbocycles. The summed E-state index contributed by atoms with van der Waals surface area (Å²) in [6, 6.07) is 10.1. The number of benzene rings is 2. The first-order chi connectivity index (χ1) is 15.6. The molecular formula is C24H28N4O4S. The fourth-order valence-corrected chi connectivity index (χ4v) is 5.89.